The van der Waals surface area contributed by atoms with Crippen molar-refractivity contribution < 1.29 is 18.3 Å². The molecule has 166 valence electrons. The molecule has 1 atom stereocenters. The van der Waals surface area contributed by atoms with Gasteiger partial charge in [-0.1, -0.05) is 44.2 Å². The van der Waals surface area contributed by atoms with Gasteiger partial charge in [0.15, 0.2) is 0 Å². The summed E-state index contributed by atoms with van der Waals surface area (Å²) in [6.07, 6.45) is 1.87. The molecule has 0 spiro atoms. The van der Waals surface area contributed by atoms with Crippen LogP contribution in [-0.4, -0.2) is 23.5 Å². The van der Waals surface area contributed by atoms with Gasteiger partial charge in [0.25, 0.3) is 0 Å². The number of fused-ring (bicyclic) bond motifs is 1. The number of ether oxygens (including phenoxy) is 2. The molecule has 4 rings (SSSR count). The van der Waals surface area contributed by atoms with Crippen LogP contribution in [0.5, 0.6) is 5.75 Å². The van der Waals surface area contributed by atoms with Crippen molar-refractivity contribution in [2.75, 3.05) is 13.7 Å². The Labute approximate surface area is 186 Å². The number of hydrogen-bond acceptors (Lipinski definition) is 3. The van der Waals surface area contributed by atoms with Gasteiger partial charge in [0.05, 0.1) is 31.9 Å². The van der Waals surface area contributed by atoms with Gasteiger partial charge in [-0.25, -0.2) is 8.78 Å². The van der Waals surface area contributed by atoms with Gasteiger partial charge >= 0.3 is 0 Å². The van der Waals surface area contributed by atoms with Crippen LogP contribution in [0, 0.1) is 17.0 Å². The molecule has 0 aliphatic carbocycles. The number of benzene rings is 3. The fourth-order valence-corrected chi connectivity index (χ4v) is 3.99. The first-order valence-electron chi connectivity index (χ1n) is 10.5. The fraction of sp³-hybridized carbons (Fsp3) is 0.269. The van der Waals surface area contributed by atoms with Gasteiger partial charge < -0.3 is 9.47 Å². The van der Waals surface area contributed by atoms with Crippen molar-refractivity contribution >= 4 is 10.9 Å². The number of rotatable bonds is 8. The maximum absolute atomic E-state index is 14.9. The molecular weight excluding hydrogens is 410 g/mol. The van der Waals surface area contributed by atoms with Gasteiger partial charge in [-0.2, -0.15) is 5.10 Å². The lowest BCUT2D eigenvalue weighted by atomic mass is 9.81. The fourth-order valence-electron chi connectivity index (χ4n) is 3.99. The Morgan fingerprint density at radius 1 is 1.00 bits per heavy atom. The Kier molecular flexibility index (Phi) is 6.24. The minimum atomic E-state index is -0.594. The quantitative estimate of drug-likeness (QED) is 0.332. The first-order valence-corrected chi connectivity index (χ1v) is 10.5. The zero-order valence-corrected chi connectivity index (χ0v) is 18.4. The Morgan fingerprint density at radius 3 is 2.47 bits per heavy atom. The Morgan fingerprint density at radius 2 is 1.75 bits per heavy atom. The molecule has 0 radical (unpaired) electrons. The Hall–Kier alpha value is -3.25. The van der Waals surface area contributed by atoms with Crippen molar-refractivity contribution in [1.29, 1.82) is 0 Å². The van der Waals surface area contributed by atoms with Gasteiger partial charge in [0.1, 0.15) is 17.4 Å². The molecule has 0 bridgehead atoms. The average Bonchev–Trinajstić information content (AvgIpc) is 3.20. The van der Waals surface area contributed by atoms with E-state index in [0.29, 0.717) is 13.2 Å². The normalized spacial score (nSPS) is 12.8. The molecule has 0 fully saturated rings. The van der Waals surface area contributed by atoms with E-state index in [1.54, 1.807) is 11.8 Å². The van der Waals surface area contributed by atoms with Crippen LogP contribution < -0.4 is 4.74 Å². The largest absolute Gasteiger partial charge is 0.497 e. The molecule has 6 heteroatoms. The van der Waals surface area contributed by atoms with Crippen LogP contribution in [0.4, 0.5) is 8.78 Å². The highest BCUT2D eigenvalue weighted by molar-refractivity contribution is 5.77. The lowest BCUT2D eigenvalue weighted by molar-refractivity contribution is 0.0284. The second-order valence-electron chi connectivity index (χ2n) is 8.57. The summed E-state index contributed by atoms with van der Waals surface area (Å²) in [7, 11) is 1.62. The zero-order valence-electron chi connectivity index (χ0n) is 18.4. The van der Waals surface area contributed by atoms with Gasteiger partial charge in [0, 0.05) is 22.6 Å². The summed E-state index contributed by atoms with van der Waals surface area (Å²) in [5.74, 6) is -0.182. The smallest absolute Gasteiger partial charge is 0.128 e. The van der Waals surface area contributed by atoms with Crippen molar-refractivity contribution in [3.05, 3.63) is 95.7 Å². The summed E-state index contributed by atoms with van der Waals surface area (Å²) < 4.78 is 41.9. The molecule has 4 nitrogen and oxygen atoms in total. The molecule has 0 saturated heterocycles. The van der Waals surface area contributed by atoms with Gasteiger partial charge in [0.2, 0.25) is 0 Å². The Bertz CT molecular complexity index is 1170. The van der Waals surface area contributed by atoms with Gasteiger partial charge in [-0.05, 0) is 42.0 Å². The van der Waals surface area contributed by atoms with E-state index in [9.17, 15) is 8.78 Å². The van der Waals surface area contributed by atoms with E-state index in [0.717, 1.165) is 34.3 Å². The number of methoxy groups -OCH3 is 1. The summed E-state index contributed by atoms with van der Waals surface area (Å²) in [6.45, 7) is 4.66. The van der Waals surface area contributed by atoms with E-state index in [1.165, 1.54) is 6.07 Å². The van der Waals surface area contributed by atoms with E-state index < -0.39 is 23.1 Å². The summed E-state index contributed by atoms with van der Waals surface area (Å²) >= 11 is 0. The minimum Gasteiger partial charge on any atom is -0.497 e. The second-order valence-corrected chi connectivity index (χ2v) is 8.57. The standard InChI is InChI=1S/C26H26F2N2O2/c1-26(2,17-32-16-18-8-11-21(31-3)12-9-18)25(22-14-20(27)10-13-23(22)28)30-15-19-6-4-5-7-24(19)29-30/h4-15,25H,16-17H2,1-3H3. The highest BCUT2D eigenvalue weighted by Crippen LogP contribution is 2.39. The maximum atomic E-state index is 14.9. The van der Waals surface area contributed by atoms with Crippen LogP contribution >= 0.6 is 0 Å². The number of aromatic nitrogens is 2. The summed E-state index contributed by atoms with van der Waals surface area (Å²) in [5, 5.41) is 5.60. The van der Waals surface area contributed by atoms with E-state index in [1.807, 2.05) is 68.6 Å². The minimum absolute atomic E-state index is 0.246. The summed E-state index contributed by atoms with van der Waals surface area (Å²) in [5.41, 5.74) is 1.45. The number of nitrogens with zero attached hydrogens (tertiary/aromatic N) is 2. The number of halogens is 2. The second kappa shape index (κ2) is 9.09. The molecule has 1 aromatic heterocycles. The van der Waals surface area contributed by atoms with Gasteiger partial charge in [-0.15, -0.1) is 0 Å². The first-order chi connectivity index (χ1) is 15.4. The third-order valence-corrected chi connectivity index (χ3v) is 5.59. The molecule has 3 aromatic carbocycles. The lowest BCUT2D eigenvalue weighted by Gasteiger charge is -2.35. The summed E-state index contributed by atoms with van der Waals surface area (Å²) in [4.78, 5) is 0. The predicted molar refractivity (Wildman–Crippen MR) is 121 cm³/mol. The molecule has 0 saturated carbocycles. The van der Waals surface area contributed by atoms with E-state index in [4.69, 9.17) is 9.47 Å². The third-order valence-electron chi connectivity index (χ3n) is 5.59. The van der Waals surface area contributed by atoms with E-state index in [2.05, 4.69) is 5.10 Å². The van der Waals surface area contributed by atoms with E-state index >= 15 is 0 Å². The van der Waals surface area contributed by atoms with E-state index in [-0.39, 0.29) is 5.56 Å². The molecule has 0 aliphatic heterocycles. The van der Waals surface area contributed by atoms with Crippen LogP contribution in [0.25, 0.3) is 10.9 Å². The molecular formula is C26H26F2N2O2. The molecule has 0 amide bonds. The summed E-state index contributed by atoms with van der Waals surface area (Å²) in [6, 6.07) is 18.3. The van der Waals surface area contributed by atoms with Crippen molar-refractivity contribution in [2.45, 2.75) is 26.5 Å². The predicted octanol–water partition coefficient (Wildman–Crippen LogP) is 6.16. The Balaban J connectivity index is 1.63. The molecule has 32 heavy (non-hydrogen) atoms. The molecule has 1 heterocycles. The zero-order chi connectivity index (χ0) is 22.7. The van der Waals surface area contributed by atoms with Crippen molar-refractivity contribution in [2.24, 2.45) is 5.41 Å². The SMILES string of the molecule is COc1ccc(COCC(C)(C)C(c2cc(F)ccc2F)n2cc3ccccc3n2)cc1. The molecule has 1 unspecified atom stereocenters. The van der Waals surface area contributed by atoms with Crippen molar-refractivity contribution in [3.8, 4) is 5.75 Å². The van der Waals surface area contributed by atoms with Crippen LogP contribution in [0.3, 0.4) is 0 Å². The maximum Gasteiger partial charge on any atom is 0.128 e. The highest BCUT2D eigenvalue weighted by atomic mass is 19.1. The highest BCUT2D eigenvalue weighted by Gasteiger charge is 2.35. The molecule has 4 aromatic rings. The number of hydrogen-bond donors (Lipinski definition) is 0. The van der Waals surface area contributed by atoms with Crippen molar-refractivity contribution in [1.82, 2.24) is 9.78 Å². The van der Waals surface area contributed by atoms with Crippen LogP contribution in [0.1, 0.15) is 31.0 Å². The van der Waals surface area contributed by atoms with Crippen LogP contribution in [0.2, 0.25) is 0 Å². The average molecular weight is 437 g/mol. The van der Waals surface area contributed by atoms with Crippen LogP contribution in [-0.2, 0) is 11.3 Å². The van der Waals surface area contributed by atoms with Gasteiger partial charge in [-0.3, -0.25) is 4.68 Å². The monoisotopic (exact) mass is 436 g/mol. The third kappa shape index (κ3) is 4.65. The van der Waals surface area contributed by atoms with Crippen LogP contribution in [0.15, 0.2) is 72.9 Å². The molecule has 0 N–H and O–H groups in total. The lowest BCUT2D eigenvalue weighted by Crippen LogP contribution is -2.33. The first kappa shape index (κ1) is 22.0. The molecule has 0 aliphatic rings. The topological polar surface area (TPSA) is 36.3 Å². The van der Waals surface area contributed by atoms with Crippen molar-refractivity contribution in [3.63, 3.8) is 0 Å².